The van der Waals surface area contributed by atoms with Gasteiger partial charge in [-0.2, -0.15) is 0 Å². The van der Waals surface area contributed by atoms with Gasteiger partial charge in [0.25, 0.3) is 0 Å². The summed E-state index contributed by atoms with van der Waals surface area (Å²) in [5.41, 5.74) is 0.804. The summed E-state index contributed by atoms with van der Waals surface area (Å²) in [6.07, 6.45) is 3.67. The number of ether oxygens (including phenoxy) is 1. The lowest BCUT2D eigenvalue weighted by atomic mass is 9.98. The van der Waals surface area contributed by atoms with Gasteiger partial charge in [-0.3, -0.25) is 4.90 Å². The largest absolute Gasteiger partial charge is 0.497 e. The summed E-state index contributed by atoms with van der Waals surface area (Å²) >= 11 is 0. The summed E-state index contributed by atoms with van der Waals surface area (Å²) in [6, 6.07) is 5.31. The summed E-state index contributed by atoms with van der Waals surface area (Å²) in [5, 5.41) is 3.37. The molecule has 0 radical (unpaired) electrons. The Morgan fingerprint density at radius 2 is 2.05 bits per heavy atom. The van der Waals surface area contributed by atoms with Crippen molar-refractivity contribution in [3.05, 3.63) is 29.6 Å². The molecule has 1 aliphatic heterocycles. The zero-order chi connectivity index (χ0) is 13.9. The molecule has 2 fully saturated rings. The number of benzene rings is 1. The first-order valence-corrected chi connectivity index (χ1v) is 7.56. The van der Waals surface area contributed by atoms with Gasteiger partial charge in [0, 0.05) is 37.8 Å². The van der Waals surface area contributed by atoms with Gasteiger partial charge in [-0.05, 0) is 30.5 Å². The standard InChI is InChI=1S/C16H23FN2O.ClH/c1-20-13-4-5-15(17)14(11-13)16(10-12-2-3-12)19-8-6-18-7-9-19;/h4-5,11-12,16,18H,2-3,6-10H2,1H3;1H/t16-;/m1./s1. The van der Waals surface area contributed by atoms with E-state index >= 15 is 0 Å². The third-order valence-corrected chi connectivity index (χ3v) is 4.41. The predicted molar refractivity (Wildman–Crippen MR) is 84.7 cm³/mol. The molecule has 1 aliphatic carbocycles. The zero-order valence-electron chi connectivity index (χ0n) is 12.5. The first-order chi connectivity index (χ1) is 9.78. The molecule has 0 unspecified atom stereocenters. The minimum absolute atomic E-state index is 0. The Balaban J connectivity index is 0.00000161. The predicted octanol–water partition coefficient (Wildman–Crippen LogP) is 3.00. The van der Waals surface area contributed by atoms with Crippen LogP contribution in [0.1, 0.15) is 30.9 Å². The maximum Gasteiger partial charge on any atom is 0.128 e. The fraction of sp³-hybridized carbons (Fsp3) is 0.625. The van der Waals surface area contributed by atoms with Crippen LogP contribution in [-0.4, -0.2) is 38.2 Å². The highest BCUT2D eigenvalue weighted by molar-refractivity contribution is 5.85. The number of hydrogen-bond donors (Lipinski definition) is 1. The Morgan fingerprint density at radius 1 is 1.33 bits per heavy atom. The van der Waals surface area contributed by atoms with Gasteiger partial charge in [-0.25, -0.2) is 4.39 Å². The fourth-order valence-corrected chi connectivity index (χ4v) is 3.04. The molecule has 21 heavy (non-hydrogen) atoms. The average Bonchev–Trinajstić information content (AvgIpc) is 3.31. The normalized spacial score (nSPS) is 20.7. The average molecular weight is 315 g/mol. The molecule has 1 saturated heterocycles. The molecule has 1 N–H and O–H groups in total. The van der Waals surface area contributed by atoms with E-state index in [9.17, 15) is 4.39 Å². The summed E-state index contributed by atoms with van der Waals surface area (Å²) in [7, 11) is 1.64. The molecule has 0 amide bonds. The van der Waals surface area contributed by atoms with E-state index in [4.69, 9.17) is 4.74 Å². The van der Waals surface area contributed by atoms with Crippen molar-refractivity contribution in [2.24, 2.45) is 5.92 Å². The van der Waals surface area contributed by atoms with E-state index < -0.39 is 0 Å². The van der Waals surface area contributed by atoms with Crippen molar-refractivity contribution in [1.29, 1.82) is 0 Å². The van der Waals surface area contributed by atoms with E-state index in [-0.39, 0.29) is 24.3 Å². The molecule has 1 atom stereocenters. The molecule has 1 saturated carbocycles. The van der Waals surface area contributed by atoms with Crippen LogP contribution in [0.15, 0.2) is 18.2 Å². The molecule has 0 bridgehead atoms. The third kappa shape index (κ3) is 4.09. The van der Waals surface area contributed by atoms with Crippen LogP contribution in [0.2, 0.25) is 0 Å². The molecule has 3 nitrogen and oxygen atoms in total. The number of nitrogens with zero attached hydrogens (tertiary/aromatic N) is 1. The van der Waals surface area contributed by atoms with Crippen LogP contribution in [0.3, 0.4) is 0 Å². The Labute approximate surface area is 132 Å². The molecule has 118 valence electrons. The molecule has 3 rings (SSSR count). The molecular weight excluding hydrogens is 291 g/mol. The van der Waals surface area contributed by atoms with Gasteiger partial charge < -0.3 is 10.1 Å². The van der Waals surface area contributed by atoms with E-state index in [0.29, 0.717) is 0 Å². The number of methoxy groups -OCH3 is 1. The van der Waals surface area contributed by atoms with Gasteiger partial charge in [-0.1, -0.05) is 12.8 Å². The highest BCUT2D eigenvalue weighted by atomic mass is 35.5. The lowest BCUT2D eigenvalue weighted by Crippen LogP contribution is -2.45. The van der Waals surface area contributed by atoms with Crippen molar-refractivity contribution < 1.29 is 9.13 Å². The summed E-state index contributed by atoms with van der Waals surface area (Å²) < 4.78 is 19.6. The van der Waals surface area contributed by atoms with Gasteiger partial charge in [0.1, 0.15) is 11.6 Å². The molecule has 1 aromatic rings. The van der Waals surface area contributed by atoms with Gasteiger partial charge in [0.2, 0.25) is 0 Å². The minimum Gasteiger partial charge on any atom is -0.497 e. The van der Waals surface area contributed by atoms with Crippen LogP contribution in [0, 0.1) is 11.7 Å². The summed E-state index contributed by atoms with van der Waals surface area (Å²) in [4.78, 5) is 2.42. The van der Waals surface area contributed by atoms with Gasteiger partial charge in [-0.15, -0.1) is 12.4 Å². The quantitative estimate of drug-likeness (QED) is 0.904. The molecule has 1 aromatic carbocycles. The SMILES string of the molecule is COc1ccc(F)c([C@@H](CC2CC2)N2CCNCC2)c1.Cl. The van der Waals surface area contributed by atoms with E-state index in [1.54, 1.807) is 13.2 Å². The molecule has 2 aliphatic rings. The van der Waals surface area contributed by atoms with Gasteiger partial charge >= 0.3 is 0 Å². The van der Waals surface area contributed by atoms with E-state index in [2.05, 4.69) is 10.2 Å². The van der Waals surface area contributed by atoms with Crippen molar-refractivity contribution in [2.75, 3.05) is 33.3 Å². The minimum atomic E-state index is -0.102. The first-order valence-electron chi connectivity index (χ1n) is 7.56. The second kappa shape index (κ2) is 7.43. The number of nitrogens with one attached hydrogen (secondary N) is 1. The Kier molecular flexibility index (Phi) is 5.85. The zero-order valence-corrected chi connectivity index (χ0v) is 13.3. The second-order valence-electron chi connectivity index (χ2n) is 5.87. The lowest BCUT2D eigenvalue weighted by molar-refractivity contribution is 0.157. The molecule has 0 aromatic heterocycles. The maximum absolute atomic E-state index is 14.3. The number of rotatable bonds is 5. The maximum atomic E-state index is 14.3. The Bertz CT molecular complexity index is 462. The van der Waals surface area contributed by atoms with E-state index in [1.807, 2.05) is 6.07 Å². The highest BCUT2D eigenvalue weighted by Gasteiger charge is 2.32. The molecule has 1 heterocycles. The van der Waals surface area contributed by atoms with E-state index in [1.165, 1.54) is 18.9 Å². The van der Waals surface area contributed by atoms with Crippen LogP contribution >= 0.6 is 12.4 Å². The molecule has 5 heteroatoms. The van der Waals surface area contributed by atoms with Crippen molar-refractivity contribution in [2.45, 2.75) is 25.3 Å². The third-order valence-electron chi connectivity index (χ3n) is 4.41. The lowest BCUT2D eigenvalue weighted by Gasteiger charge is -2.35. The fourth-order valence-electron chi connectivity index (χ4n) is 3.04. The highest BCUT2D eigenvalue weighted by Crippen LogP contribution is 2.41. The van der Waals surface area contributed by atoms with Crippen LogP contribution in [0.5, 0.6) is 5.75 Å². The van der Waals surface area contributed by atoms with Crippen molar-refractivity contribution >= 4 is 12.4 Å². The van der Waals surface area contributed by atoms with E-state index in [0.717, 1.165) is 49.8 Å². The Hall–Kier alpha value is -0.840. The first kappa shape index (κ1) is 16.5. The second-order valence-corrected chi connectivity index (χ2v) is 5.87. The number of hydrogen-bond acceptors (Lipinski definition) is 3. The summed E-state index contributed by atoms with van der Waals surface area (Å²) in [5.74, 6) is 1.42. The van der Waals surface area contributed by atoms with Crippen molar-refractivity contribution in [3.8, 4) is 5.75 Å². The Morgan fingerprint density at radius 3 is 2.67 bits per heavy atom. The van der Waals surface area contributed by atoms with Gasteiger partial charge in [0.15, 0.2) is 0 Å². The smallest absolute Gasteiger partial charge is 0.128 e. The molecule has 0 spiro atoms. The van der Waals surface area contributed by atoms with Crippen molar-refractivity contribution in [3.63, 3.8) is 0 Å². The van der Waals surface area contributed by atoms with Crippen LogP contribution in [0.4, 0.5) is 4.39 Å². The summed E-state index contributed by atoms with van der Waals surface area (Å²) in [6.45, 7) is 3.97. The molecular formula is C16H24ClFN2O. The van der Waals surface area contributed by atoms with Crippen molar-refractivity contribution in [1.82, 2.24) is 10.2 Å². The van der Waals surface area contributed by atoms with Gasteiger partial charge in [0.05, 0.1) is 7.11 Å². The monoisotopic (exact) mass is 314 g/mol. The van der Waals surface area contributed by atoms with Crippen LogP contribution < -0.4 is 10.1 Å². The number of piperazine rings is 1. The topological polar surface area (TPSA) is 24.5 Å². The van der Waals surface area contributed by atoms with Crippen LogP contribution in [0.25, 0.3) is 0 Å². The number of halogens is 2. The van der Waals surface area contributed by atoms with Crippen LogP contribution in [-0.2, 0) is 0 Å².